The maximum absolute atomic E-state index is 12.8. The molecule has 2 rings (SSSR count). The lowest BCUT2D eigenvalue weighted by atomic mass is 9.96. The van der Waals surface area contributed by atoms with Gasteiger partial charge in [-0.15, -0.1) is 0 Å². The van der Waals surface area contributed by atoms with Crippen LogP contribution < -0.4 is 0 Å². The van der Waals surface area contributed by atoms with Crippen LogP contribution in [0, 0.1) is 0 Å². The van der Waals surface area contributed by atoms with Crippen LogP contribution in [0.25, 0.3) is 5.57 Å². The Bertz CT molecular complexity index is 723. The van der Waals surface area contributed by atoms with Crippen molar-refractivity contribution in [3.8, 4) is 0 Å². The lowest BCUT2D eigenvalue weighted by Gasteiger charge is -2.19. The first kappa shape index (κ1) is 17.7. The lowest BCUT2D eigenvalue weighted by molar-refractivity contribution is -0.153. The summed E-state index contributed by atoms with van der Waals surface area (Å²) in [5, 5.41) is 0. The highest BCUT2D eigenvalue weighted by atomic mass is 16.6. The van der Waals surface area contributed by atoms with E-state index in [2.05, 4.69) is 0 Å². The van der Waals surface area contributed by atoms with Crippen LogP contribution in [0.1, 0.15) is 43.1 Å². The number of carbonyl (C=O) groups excluding carboxylic acids is 2. The number of hydrogen-bond donors (Lipinski definition) is 0. The Labute approximate surface area is 143 Å². The molecule has 3 nitrogen and oxygen atoms in total. The van der Waals surface area contributed by atoms with Gasteiger partial charge in [-0.3, -0.25) is 9.59 Å². The number of hydrogen-bond acceptors (Lipinski definition) is 3. The molecule has 0 heterocycles. The van der Waals surface area contributed by atoms with Crippen molar-refractivity contribution < 1.29 is 14.3 Å². The molecule has 0 spiro atoms. The van der Waals surface area contributed by atoms with Gasteiger partial charge in [-0.05, 0) is 26.3 Å². The zero-order valence-electron chi connectivity index (χ0n) is 14.3. The van der Waals surface area contributed by atoms with Crippen LogP contribution in [0.3, 0.4) is 0 Å². The molecule has 0 amide bonds. The van der Waals surface area contributed by atoms with Crippen molar-refractivity contribution in [1.82, 2.24) is 0 Å². The predicted octanol–water partition coefficient (Wildman–Crippen LogP) is 4.68. The molecule has 124 valence electrons. The minimum Gasteiger partial charge on any atom is -0.460 e. The first-order valence-corrected chi connectivity index (χ1v) is 7.94. The molecular weight excluding hydrogens is 300 g/mol. The summed E-state index contributed by atoms with van der Waals surface area (Å²) >= 11 is 0. The summed E-state index contributed by atoms with van der Waals surface area (Å²) in [6, 6.07) is 18.4. The number of Topliss-reactive ketones (excluding diaryl/α,β-unsaturated/α-hetero) is 1. The van der Waals surface area contributed by atoms with Gasteiger partial charge in [0.05, 0.1) is 6.42 Å². The molecule has 0 saturated carbocycles. The number of allylic oxidation sites excluding steroid dienone is 1. The normalized spacial score (nSPS) is 11.9. The molecule has 0 bridgehead atoms. The molecule has 0 aromatic heterocycles. The molecule has 0 aliphatic rings. The number of rotatable bonds is 5. The average molecular weight is 322 g/mol. The zero-order valence-corrected chi connectivity index (χ0v) is 14.3. The van der Waals surface area contributed by atoms with Crippen LogP contribution in [0.5, 0.6) is 0 Å². The predicted molar refractivity (Wildman–Crippen MR) is 95.7 cm³/mol. The Kier molecular flexibility index (Phi) is 5.69. The Morgan fingerprint density at radius 3 is 1.88 bits per heavy atom. The fraction of sp³-hybridized carbons (Fsp3) is 0.238. The average Bonchev–Trinajstić information content (AvgIpc) is 2.55. The monoisotopic (exact) mass is 322 g/mol. The summed E-state index contributed by atoms with van der Waals surface area (Å²) in [5.74, 6) is -0.456. The Morgan fingerprint density at radius 1 is 0.875 bits per heavy atom. The van der Waals surface area contributed by atoms with Gasteiger partial charge in [0.15, 0.2) is 5.78 Å². The zero-order chi connectivity index (χ0) is 17.6. The fourth-order valence-electron chi connectivity index (χ4n) is 2.27. The van der Waals surface area contributed by atoms with Gasteiger partial charge in [0, 0.05) is 11.1 Å². The van der Waals surface area contributed by atoms with Gasteiger partial charge in [-0.1, -0.05) is 66.7 Å². The molecule has 2 aromatic rings. The molecule has 0 fully saturated rings. The summed E-state index contributed by atoms with van der Waals surface area (Å²) in [5.41, 5.74) is 1.35. The number of carbonyl (C=O) groups is 2. The van der Waals surface area contributed by atoms with Crippen molar-refractivity contribution in [2.24, 2.45) is 0 Å². The van der Waals surface area contributed by atoms with E-state index in [-0.39, 0.29) is 18.2 Å². The van der Waals surface area contributed by atoms with Gasteiger partial charge in [-0.25, -0.2) is 0 Å². The van der Waals surface area contributed by atoms with E-state index in [1.54, 1.807) is 18.2 Å². The second-order valence-electron chi connectivity index (χ2n) is 6.47. The van der Waals surface area contributed by atoms with Gasteiger partial charge in [0.2, 0.25) is 0 Å². The highest BCUT2D eigenvalue weighted by molar-refractivity contribution is 6.29. The first-order chi connectivity index (χ1) is 11.4. The van der Waals surface area contributed by atoms with E-state index in [4.69, 9.17) is 4.74 Å². The molecule has 0 atom stereocenters. The van der Waals surface area contributed by atoms with Gasteiger partial charge < -0.3 is 4.74 Å². The SMILES string of the molecule is CC(C)(C)OC(=O)C/C=C(\C(=O)c1ccccc1)c1ccccc1. The van der Waals surface area contributed by atoms with Crippen LogP contribution in [0.15, 0.2) is 66.7 Å². The van der Waals surface area contributed by atoms with Crippen LogP contribution in [-0.2, 0) is 9.53 Å². The molecule has 0 saturated heterocycles. The van der Waals surface area contributed by atoms with Gasteiger partial charge in [-0.2, -0.15) is 0 Å². The molecule has 2 aromatic carbocycles. The van der Waals surface area contributed by atoms with Crippen LogP contribution in [0.4, 0.5) is 0 Å². The van der Waals surface area contributed by atoms with Crippen LogP contribution >= 0.6 is 0 Å². The van der Waals surface area contributed by atoms with Crippen molar-refractivity contribution >= 4 is 17.3 Å². The highest BCUT2D eigenvalue weighted by Gasteiger charge is 2.18. The Balaban J connectivity index is 2.29. The van der Waals surface area contributed by atoms with Crippen LogP contribution in [0.2, 0.25) is 0 Å². The number of ether oxygens (including phenoxy) is 1. The number of esters is 1. The molecule has 3 heteroatoms. The topological polar surface area (TPSA) is 43.4 Å². The van der Waals surface area contributed by atoms with E-state index in [1.165, 1.54) is 0 Å². The summed E-state index contributed by atoms with van der Waals surface area (Å²) < 4.78 is 5.31. The van der Waals surface area contributed by atoms with Crippen molar-refractivity contribution in [2.45, 2.75) is 32.8 Å². The lowest BCUT2D eigenvalue weighted by Crippen LogP contribution is -2.23. The first-order valence-electron chi connectivity index (χ1n) is 7.94. The molecule has 0 aliphatic carbocycles. The van der Waals surface area contributed by atoms with E-state index in [0.29, 0.717) is 11.1 Å². The van der Waals surface area contributed by atoms with Gasteiger partial charge in [0.1, 0.15) is 5.60 Å². The third-order valence-electron chi connectivity index (χ3n) is 3.26. The van der Waals surface area contributed by atoms with Gasteiger partial charge in [0.25, 0.3) is 0 Å². The standard InChI is InChI=1S/C21H22O3/c1-21(2,3)24-19(22)15-14-18(16-10-6-4-7-11-16)20(23)17-12-8-5-9-13-17/h4-14H,15H2,1-3H3/b18-14-. The van der Waals surface area contributed by atoms with E-state index >= 15 is 0 Å². The van der Waals surface area contributed by atoms with Crippen molar-refractivity contribution in [1.29, 1.82) is 0 Å². The highest BCUT2D eigenvalue weighted by Crippen LogP contribution is 2.21. The minimum atomic E-state index is -0.540. The molecular formula is C21H22O3. The van der Waals surface area contributed by atoms with Crippen molar-refractivity contribution in [3.05, 3.63) is 77.9 Å². The third-order valence-corrected chi connectivity index (χ3v) is 3.26. The second-order valence-corrected chi connectivity index (χ2v) is 6.47. The van der Waals surface area contributed by atoms with Crippen LogP contribution in [-0.4, -0.2) is 17.4 Å². The Hall–Kier alpha value is -2.68. The second kappa shape index (κ2) is 7.73. The molecule has 0 radical (unpaired) electrons. The quantitative estimate of drug-likeness (QED) is 0.456. The largest absolute Gasteiger partial charge is 0.460 e. The van der Waals surface area contributed by atoms with E-state index in [1.807, 2.05) is 69.3 Å². The van der Waals surface area contributed by atoms with E-state index in [9.17, 15) is 9.59 Å². The summed E-state index contributed by atoms with van der Waals surface area (Å²) in [4.78, 5) is 24.8. The summed E-state index contributed by atoms with van der Waals surface area (Å²) in [6.07, 6.45) is 1.71. The van der Waals surface area contributed by atoms with E-state index < -0.39 is 5.60 Å². The molecule has 0 unspecified atom stereocenters. The number of ketones is 1. The van der Waals surface area contributed by atoms with Gasteiger partial charge >= 0.3 is 5.97 Å². The number of benzene rings is 2. The molecule has 0 N–H and O–H groups in total. The molecule has 24 heavy (non-hydrogen) atoms. The fourth-order valence-corrected chi connectivity index (χ4v) is 2.27. The summed E-state index contributed by atoms with van der Waals surface area (Å²) in [6.45, 7) is 5.46. The maximum atomic E-state index is 12.8. The third kappa shape index (κ3) is 5.20. The van der Waals surface area contributed by atoms with Crippen molar-refractivity contribution in [2.75, 3.05) is 0 Å². The van der Waals surface area contributed by atoms with Crippen molar-refractivity contribution in [3.63, 3.8) is 0 Å². The maximum Gasteiger partial charge on any atom is 0.310 e. The summed E-state index contributed by atoms with van der Waals surface area (Å²) in [7, 11) is 0. The molecule has 0 aliphatic heterocycles. The Morgan fingerprint density at radius 2 is 1.38 bits per heavy atom. The van der Waals surface area contributed by atoms with E-state index in [0.717, 1.165) is 5.56 Å². The minimum absolute atomic E-state index is 0.0556. The smallest absolute Gasteiger partial charge is 0.310 e.